The Bertz CT molecular complexity index is 1520. The number of likely N-dealkylation sites (tertiary alicyclic amines) is 1. The number of allylic oxidation sites excluding steroid dienone is 1. The summed E-state index contributed by atoms with van der Waals surface area (Å²) in [6.07, 6.45) is 0.140. The lowest BCUT2D eigenvalue weighted by Crippen LogP contribution is -2.62. The first kappa shape index (κ1) is 25.8. The summed E-state index contributed by atoms with van der Waals surface area (Å²) in [6.45, 7) is 0.571. The molecular formula is C25H22FN5O5S. The van der Waals surface area contributed by atoms with Gasteiger partial charge in [0, 0.05) is 12.0 Å². The summed E-state index contributed by atoms with van der Waals surface area (Å²) in [5.74, 6) is 0. The lowest BCUT2D eigenvalue weighted by molar-refractivity contribution is 0.0160. The van der Waals surface area contributed by atoms with Gasteiger partial charge >= 0.3 is 12.1 Å². The van der Waals surface area contributed by atoms with Crippen molar-refractivity contribution in [3.63, 3.8) is 0 Å². The summed E-state index contributed by atoms with van der Waals surface area (Å²) < 4.78 is 38.8. The number of aliphatic hydroxyl groups is 1. The molecule has 2 aliphatic heterocycles. The predicted octanol–water partition coefficient (Wildman–Crippen LogP) is 3.01. The molecule has 0 saturated carbocycles. The number of rotatable bonds is 4. The number of aliphatic hydroxyl groups excluding tert-OH is 1. The number of nitrogens with zero attached hydrogens (tertiary/aromatic N) is 5. The van der Waals surface area contributed by atoms with Crippen LogP contribution in [-0.4, -0.2) is 60.8 Å². The van der Waals surface area contributed by atoms with Crippen LogP contribution in [0.1, 0.15) is 29.7 Å². The van der Waals surface area contributed by atoms with E-state index in [-0.39, 0.29) is 51.6 Å². The molecule has 0 aliphatic carbocycles. The van der Waals surface area contributed by atoms with E-state index >= 15 is 0 Å². The van der Waals surface area contributed by atoms with Gasteiger partial charge in [-0.1, -0.05) is 18.2 Å². The summed E-state index contributed by atoms with van der Waals surface area (Å²) in [6, 6.07) is 10.5. The first-order valence-corrected chi connectivity index (χ1v) is 13.0. The summed E-state index contributed by atoms with van der Waals surface area (Å²) >= 11 is 0. The highest BCUT2D eigenvalue weighted by Gasteiger charge is 2.47. The van der Waals surface area contributed by atoms with Gasteiger partial charge in [-0.3, -0.25) is 4.90 Å². The van der Waals surface area contributed by atoms with Crippen molar-refractivity contribution in [3.05, 3.63) is 70.4 Å². The second-order valence-electron chi connectivity index (χ2n) is 8.78. The zero-order valence-corrected chi connectivity index (χ0v) is 20.7. The van der Waals surface area contributed by atoms with E-state index in [1.165, 1.54) is 48.2 Å². The molecule has 1 saturated heterocycles. The number of sulfone groups is 1. The largest absolute Gasteiger partial charge is 0.389 e. The van der Waals surface area contributed by atoms with Crippen LogP contribution in [0.5, 0.6) is 0 Å². The van der Waals surface area contributed by atoms with Crippen LogP contribution < -0.4 is 4.90 Å². The molecule has 0 radical (unpaired) electrons. The van der Waals surface area contributed by atoms with Crippen molar-refractivity contribution >= 4 is 27.6 Å². The third-order valence-electron chi connectivity index (χ3n) is 6.27. The van der Waals surface area contributed by atoms with Gasteiger partial charge in [0.25, 0.3) is 0 Å². The fourth-order valence-corrected chi connectivity index (χ4v) is 5.38. The molecule has 2 aromatic rings. The van der Waals surface area contributed by atoms with Crippen LogP contribution in [0.25, 0.3) is 0 Å². The van der Waals surface area contributed by atoms with Gasteiger partial charge in [-0.2, -0.15) is 10.5 Å². The number of urea groups is 2. The number of amides is 4. The monoisotopic (exact) mass is 523 g/mol. The van der Waals surface area contributed by atoms with E-state index < -0.39 is 40.7 Å². The van der Waals surface area contributed by atoms with Crippen LogP contribution in [0.15, 0.2) is 58.6 Å². The molecule has 4 amide bonds. The van der Waals surface area contributed by atoms with E-state index in [1.54, 1.807) is 0 Å². The van der Waals surface area contributed by atoms with Crippen molar-refractivity contribution in [2.75, 3.05) is 24.2 Å². The van der Waals surface area contributed by atoms with Crippen molar-refractivity contribution in [2.45, 2.75) is 30.6 Å². The molecule has 0 bridgehead atoms. The van der Waals surface area contributed by atoms with E-state index in [9.17, 15) is 38.0 Å². The lowest BCUT2D eigenvalue weighted by Gasteiger charge is -2.45. The van der Waals surface area contributed by atoms with Gasteiger partial charge in [0.1, 0.15) is 12.7 Å². The molecule has 0 aromatic heterocycles. The van der Waals surface area contributed by atoms with Gasteiger partial charge in [0.2, 0.25) is 0 Å². The molecule has 190 valence electrons. The third kappa shape index (κ3) is 4.53. The first-order valence-electron chi connectivity index (χ1n) is 11.1. The van der Waals surface area contributed by atoms with Crippen LogP contribution in [0.4, 0.5) is 19.7 Å². The minimum Gasteiger partial charge on any atom is -0.389 e. The number of nitriles is 2. The number of carbonyl (C=O) groups is 2. The van der Waals surface area contributed by atoms with Gasteiger partial charge < -0.3 is 10.0 Å². The van der Waals surface area contributed by atoms with E-state index in [2.05, 4.69) is 0 Å². The van der Waals surface area contributed by atoms with Crippen LogP contribution in [0.3, 0.4) is 0 Å². The van der Waals surface area contributed by atoms with E-state index in [0.717, 1.165) is 22.1 Å². The standard InChI is InChI=1S/C25H22FN5O5S/c1-15-21(12-28)23(20-7-6-17(11-27)9-22(20)37(2,35)36)31(24(33)29-13-19(32)14-29)25(34)30(15)18-5-3-4-16(8-18)10-26/h3-9,19,23,32H,10,13-14H2,1-2H3/t23-/m1/s1. The SMILES string of the molecule is CC1=C(C#N)[C@@H](c2ccc(C#N)cc2S(C)(=O)=O)N(C(=O)N2CC(O)C2)C(=O)N1c1cccc(CF)c1. The van der Waals surface area contributed by atoms with Crippen molar-refractivity contribution in [2.24, 2.45) is 0 Å². The number of imide groups is 1. The number of carbonyl (C=O) groups excluding carboxylic acids is 2. The molecule has 12 heteroatoms. The number of β-amino-alcohol motifs (C(OH)–C–C–N with tert-alkyl or cyclic N) is 1. The molecule has 0 unspecified atom stereocenters. The molecule has 0 spiro atoms. The van der Waals surface area contributed by atoms with E-state index in [0.29, 0.717) is 0 Å². The average Bonchev–Trinajstić information content (AvgIpc) is 2.85. The van der Waals surface area contributed by atoms with Crippen molar-refractivity contribution < 1.29 is 27.5 Å². The van der Waals surface area contributed by atoms with Crippen molar-refractivity contribution in [1.82, 2.24) is 9.80 Å². The summed E-state index contributed by atoms with van der Waals surface area (Å²) in [5.41, 5.74) is 0.540. The maximum absolute atomic E-state index is 13.9. The molecular weight excluding hydrogens is 501 g/mol. The topological polar surface area (TPSA) is 146 Å². The van der Waals surface area contributed by atoms with E-state index in [1.807, 2.05) is 12.1 Å². The summed E-state index contributed by atoms with van der Waals surface area (Å²) in [7, 11) is -3.97. The maximum Gasteiger partial charge on any atom is 0.337 e. The molecule has 2 aliphatic rings. The number of alkyl halides is 1. The van der Waals surface area contributed by atoms with Crippen LogP contribution in [0, 0.1) is 22.7 Å². The fraction of sp³-hybridized carbons (Fsp3) is 0.280. The highest BCUT2D eigenvalue weighted by atomic mass is 32.2. The quantitative estimate of drug-likeness (QED) is 0.648. The molecule has 10 nitrogen and oxygen atoms in total. The van der Waals surface area contributed by atoms with Gasteiger partial charge in [0.05, 0.1) is 53.1 Å². The summed E-state index contributed by atoms with van der Waals surface area (Å²) in [4.78, 5) is 30.3. The Hall–Kier alpha value is -4.26. The van der Waals surface area contributed by atoms with Gasteiger partial charge in [-0.25, -0.2) is 27.3 Å². The normalized spacial score (nSPS) is 18.4. The number of hydrogen-bond donors (Lipinski definition) is 1. The Morgan fingerprint density at radius 3 is 2.43 bits per heavy atom. The lowest BCUT2D eigenvalue weighted by atomic mass is 9.93. The smallest absolute Gasteiger partial charge is 0.337 e. The highest BCUT2D eigenvalue weighted by molar-refractivity contribution is 7.90. The third-order valence-corrected chi connectivity index (χ3v) is 7.43. The van der Waals surface area contributed by atoms with Crippen LogP contribution in [-0.2, 0) is 16.5 Å². The molecule has 37 heavy (non-hydrogen) atoms. The zero-order chi connectivity index (χ0) is 27.1. The van der Waals surface area contributed by atoms with Crippen molar-refractivity contribution in [3.8, 4) is 12.1 Å². The zero-order valence-electron chi connectivity index (χ0n) is 19.9. The Balaban J connectivity index is 1.99. The Kier molecular flexibility index (Phi) is 6.74. The van der Waals surface area contributed by atoms with Crippen LogP contribution >= 0.6 is 0 Å². The fourth-order valence-electron chi connectivity index (χ4n) is 4.44. The average molecular weight is 524 g/mol. The molecule has 1 N–H and O–H groups in total. The van der Waals surface area contributed by atoms with Crippen molar-refractivity contribution in [1.29, 1.82) is 10.5 Å². The van der Waals surface area contributed by atoms with Gasteiger partial charge in [-0.15, -0.1) is 0 Å². The predicted molar refractivity (Wildman–Crippen MR) is 129 cm³/mol. The number of halogens is 1. The van der Waals surface area contributed by atoms with Gasteiger partial charge in [-0.05, 0) is 42.3 Å². The molecule has 2 aromatic carbocycles. The maximum atomic E-state index is 13.9. The molecule has 1 fully saturated rings. The molecule has 4 rings (SSSR count). The van der Waals surface area contributed by atoms with Gasteiger partial charge in [0.15, 0.2) is 9.84 Å². The molecule has 2 heterocycles. The highest BCUT2D eigenvalue weighted by Crippen LogP contribution is 2.42. The molecule has 1 atom stereocenters. The minimum atomic E-state index is -3.97. The Labute approximate surface area is 213 Å². The number of hydrogen-bond acceptors (Lipinski definition) is 7. The second kappa shape index (κ2) is 9.65. The van der Waals surface area contributed by atoms with E-state index in [4.69, 9.17) is 0 Å². The summed E-state index contributed by atoms with van der Waals surface area (Å²) in [5, 5.41) is 29.2. The Morgan fingerprint density at radius 1 is 1.16 bits per heavy atom. The van der Waals surface area contributed by atoms with Crippen LogP contribution in [0.2, 0.25) is 0 Å². The second-order valence-corrected chi connectivity index (χ2v) is 10.8. The first-order chi connectivity index (χ1) is 17.5. The number of benzene rings is 2. The number of anilines is 1. The minimum absolute atomic E-state index is 0.0302. The Morgan fingerprint density at radius 2 is 1.86 bits per heavy atom.